The monoisotopic (exact) mass is 522 g/mol. The zero-order chi connectivity index (χ0) is 26.5. The number of ether oxygens (including phenoxy) is 3. The summed E-state index contributed by atoms with van der Waals surface area (Å²) in [6.45, 7) is 0.851. The molecule has 0 unspecified atom stereocenters. The average molecular weight is 523 g/mol. The number of likely N-dealkylation sites (N-methyl/N-ethyl adjacent to an activating group) is 1. The van der Waals surface area contributed by atoms with Gasteiger partial charge in [0.1, 0.15) is 11.4 Å². The lowest BCUT2D eigenvalue weighted by Gasteiger charge is -2.34. The highest BCUT2D eigenvalue weighted by Gasteiger charge is 2.42. The Bertz CT molecular complexity index is 1160. The van der Waals surface area contributed by atoms with Gasteiger partial charge in [0.15, 0.2) is 11.5 Å². The van der Waals surface area contributed by atoms with Crippen LogP contribution in [0.1, 0.15) is 10.4 Å². The second-order valence-electron chi connectivity index (χ2n) is 7.52. The van der Waals surface area contributed by atoms with Crippen LogP contribution in [0, 0.1) is 0 Å². The predicted molar refractivity (Wildman–Crippen MR) is 130 cm³/mol. The zero-order valence-corrected chi connectivity index (χ0v) is 21.1. The van der Waals surface area contributed by atoms with Crippen LogP contribution in [0.5, 0.6) is 17.2 Å². The van der Waals surface area contributed by atoms with E-state index in [4.69, 9.17) is 22.6 Å². The van der Waals surface area contributed by atoms with Crippen LogP contribution in [0.25, 0.3) is 0 Å². The van der Waals surface area contributed by atoms with Gasteiger partial charge in [-0.25, -0.2) is 14.6 Å². The van der Waals surface area contributed by atoms with Crippen molar-refractivity contribution in [3.8, 4) is 17.2 Å². The smallest absolute Gasteiger partial charge is 0.354 e. The summed E-state index contributed by atoms with van der Waals surface area (Å²) < 4.78 is 26.5. The fourth-order valence-electron chi connectivity index (χ4n) is 3.04. The third-order valence-electron chi connectivity index (χ3n) is 4.77. The average Bonchev–Trinajstić information content (AvgIpc) is 3.09. The SMILES string of the molecule is COc1cc(OC)c(C(=O)NC2=NC(C(=O)NCCN(C)C)=CS23OC(=O)C=CC(=O)O3)cc1OC. The Labute approximate surface area is 208 Å². The molecule has 36 heavy (non-hydrogen) atoms. The number of hydrogen-bond acceptors (Lipinski definition) is 11. The van der Waals surface area contributed by atoms with Crippen molar-refractivity contribution in [2.45, 2.75) is 0 Å². The summed E-state index contributed by atoms with van der Waals surface area (Å²) in [7, 11) is 4.46. The molecule has 0 bridgehead atoms. The van der Waals surface area contributed by atoms with Gasteiger partial charge in [-0.3, -0.25) is 14.9 Å². The normalized spacial score (nSPS) is 16.8. The van der Waals surface area contributed by atoms with E-state index in [1.807, 2.05) is 19.0 Å². The van der Waals surface area contributed by atoms with E-state index in [1.165, 1.54) is 33.5 Å². The number of rotatable bonds is 8. The molecular weight excluding hydrogens is 496 g/mol. The van der Waals surface area contributed by atoms with Gasteiger partial charge in [-0.05, 0) is 24.7 Å². The van der Waals surface area contributed by atoms with E-state index in [0.717, 1.165) is 17.6 Å². The molecule has 0 aliphatic carbocycles. The van der Waals surface area contributed by atoms with E-state index in [1.54, 1.807) is 0 Å². The minimum absolute atomic E-state index is 0.0145. The van der Waals surface area contributed by atoms with Crippen molar-refractivity contribution < 1.29 is 41.8 Å². The molecule has 14 heteroatoms. The van der Waals surface area contributed by atoms with Crippen molar-refractivity contribution >= 4 is 39.5 Å². The van der Waals surface area contributed by atoms with Gasteiger partial charge in [0.2, 0.25) is 5.17 Å². The number of amides is 2. The molecule has 0 fully saturated rings. The molecule has 194 valence electrons. The van der Waals surface area contributed by atoms with Crippen molar-refractivity contribution in [1.29, 1.82) is 0 Å². The third kappa shape index (κ3) is 5.78. The Kier molecular flexibility index (Phi) is 8.22. The molecule has 2 heterocycles. The summed E-state index contributed by atoms with van der Waals surface area (Å²) in [6, 6.07) is 2.82. The molecule has 0 saturated heterocycles. The standard InChI is InChI=1S/C22H26N4O9S/c1-26(2)9-8-23-21(30)14-12-36(34-18(27)6-7-19(28)35-36)22(24-14)25-20(29)13-10-16(32-4)17(33-5)11-15(13)31-3/h6-7,10-12H,8-9H2,1-5H3,(H,23,30)(H,24,25,29). The first-order chi connectivity index (χ1) is 17.1. The Balaban J connectivity index is 1.97. The Morgan fingerprint density at radius 2 is 1.53 bits per heavy atom. The van der Waals surface area contributed by atoms with Crippen LogP contribution in [0.4, 0.5) is 0 Å². The van der Waals surface area contributed by atoms with Crippen LogP contribution in [-0.2, 0) is 22.7 Å². The number of methoxy groups -OCH3 is 3. The van der Waals surface area contributed by atoms with Crippen LogP contribution in [0.2, 0.25) is 0 Å². The first-order valence-corrected chi connectivity index (χ1v) is 12.0. The van der Waals surface area contributed by atoms with Crippen molar-refractivity contribution in [2.75, 3.05) is 48.5 Å². The quantitative estimate of drug-likeness (QED) is 0.497. The molecular formula is C22H26N4O9S. The van der Waals surface area contributed by atoms with Crippen molar-refractivity contribution in [2.24, 2.45) is 4.99 Å². The number of nitrogens with zero attached hydrogens (tertiary/aromatic N) is 2. The number of amidine groups is 1. The molecule has 0 atom stereocenters. The molecule has 1 aromatic rings. The van der Waals surface area contributed by atoms with Crippen LogP contribution in [-0.4, -0.2) is 82.3 Å². The number of hydrogen-bond donors (Lipinski definition) is 2. The highest BCUT2D eigenvalue weighted by Crippen LogP contribution is 2.58. The Morgan fingerprint density at radius 1 is 0.944 bits per heavy atom. The lowest BCUT2D eigenvalue weighted by atomic mass is 10.1. The summed E-state index contributed by atoms with van der Waals surface area (Å²) in [5.41, 5.74) is -0.179. The maximum Gasteiger partial charge on any atom is 0.354 e. The van der Waals surface area contributed by atoms with Gasteiger partial charge in [0.05, 0.1) is 32.3 Å². The molecule has 2 amide bonds. The Hall–Kier alpha value is -4.04. The largest absolute Gasteiger partial charge is 0.496 e. The fraction of sp³-hybridized carbons (Fsp3) is 0.318. The zero-order valence-electron chi connectivity index (χ0n) is 20.3. The van der Waals surface area contributed by atoms with Crippen LogP contribution in [0.15, 0.2) is 40.4 Å². The van der Waals surface area contributed by atoms with E-state index in [0.29, 0.717) is 18.8 Å². The number of carbonyl (C=O) groups is 4. The molecule has 0 aromatic heterocycles. The number of benzene rings is 1. The molecule has 2 aliphatic rings. The lowest BCUT2D eigenvalue weighted by molar-refractivity contribution is -0.129. The molecule has 1 aromatic carbocycles. The van der Waals surface area contributed by atoms with E-state index >= 15 is 0 Å². The van der Waals surface area contributed by atoms with Crippen LogP contribution < -0.4 is 24.8 Å². The topological polar surface area (TPSA) is 154 Å². The van der Waals surface area contributed by atoms with Gasteiger partial charge in [-0.15, -0.1) is 0 Å². The van der Waals surface area contributed by atoms with Gasteiger partial charge < -0.3 is 32.8 Å². The summed E-state index contributed by atoms with van der Waals surface area (Å²) in [6.07, 6.45) is 1.76. The Morgan fingerprint density at radius 3 is 2.08 bits per heavy atom. The van der Waals surface area contributed by atoms with Crippen molar-refractivity contribution in [3.05, 3.63) is 41.0 Å². The first-order valence-electron chi connectivity index (χ1n) is 10.5. The van der Waals surface area contributed by atoms with Crippen molar-refractivity contribution in [1.82, 2.24) is 15.5 Å². The minimum atomic E-state index is -3.40. The number of aliphatic imine (C=N–C) groups is 1. The molecule has 3 rings (SSSR count). The summed E-state index contributed by atoms with van der Waals surface area (Å²) in [4.78, 5) is 56.4. The van der Waals surface area contributed by atoms with Crippen LogP contribution >= 0.6 is 10.6 Å². The summed E-state index contributed by atoms with van der Waals surface area (Å²) >= 11 is 0. The maximum absolute atomic E-state index is 13.3. The number of nitrogens with one attached hydrogen (secondary N) is 2. The van der Waals surface area contributed by atoms with E-state index in [9.17, 15) is 19.2 Å². The highest BCUT2D eigenvalue weighted by atomic mass is 32.3. The maximum atomic E-state index is 13.3. The number of carbonyl (C=O) groups excluding carboxylic acids is 4. The lowest BCUT2D eigenvalue weighted by Crippen LogP contribution is -2.35. The molecule has 2 N–H and O–H groups in total. The second kappa shape index (κ2) is 11.1. The molecule has 0 saturated carbocycles. The van der Waals surface area contributed by atoms with Gasteiger partial charge >= 0.3 is 11.9 Å². The molecule has 13 nitrogen and oxygen atoms in total. The van der Waals surface area contributed by atoms with E-state index in [-0.39, 0.29) is 27.9 Å². The van der Waals surface area contributed by atoms with Gasteiger partial charge in [-0.1, -0.05) is 0 Å². The molecule has 0 radical (unpaired) electrons. The van der Waals surface area contributed by atoms with Gasteiger partial charge in [0.25, 0.3) is 11.8 Å². The van der Waals surface area contributed by atoms with E-state index in [2.05, 4.69) is 15.6 Å². The first kappa shape index (κ1) is 26.6. The molecule has 1 spiro atoms. The van der Waals surface area contributed by atoms with Gasteiger partial charge in [-0.2, -0.15) is 0 Å². The van der Waals surface area contributed by atoms with Gasteiger partial charge in [0, 0.05) is 37.4 Å². The van der Waals surface area contributed by atoms with Crippen LogP contribution in [0.3, 0.4) is 0 Å². The summed E-state index contributed by atoms with van der Waals surface area (Å²) in [5, 5.41) is 5.96. The van der Waals surface area contributed by atoms with E-state index < -0.39 is 34.3 Å². The summed E-state index contributed by atoms with van der Waals surface area (Å²) in [5.74, 6) is -2.49. The predicted octanol–water partition coefficient (Wildman–Crippen LogP) is 0.622. The fourth-order valence-corrected chi connectivity index (χ4v) is 4.95. The van der Waals surface area contributed by atoms with Crippen molar-refractivity contribution in [3.63, 3.8) is 0 Å². The minimum Gasteiger partial charge on any atom is -0.496 e. The third-order valence-corrected chi connectivity index (χ3v) is 6.86. The second-order valence-corrected chi connectivity index (χ2v) is 9.57. The highest BCUT2D eigenvalue weighted by molar-refractivity contribution is 8.41. The molecule has 2 aliphatic heterocycles.